The van der Waals surface area contributed by atoms with Crippen molar-refractivity contribution in [2.45, 2.75) is 20.8 Å². The van der Waals surface area contributed by atoms with Crippen LogP contribution in [0.2, 0.25) is 0 Å². The van der Waals surface area contributed by atoms with Gasteiger partial charge in [-0.15, -0.1) is 0 Å². The fourth-order valence-electron chi connectivity index (χ4n) is 2.53. The average Bonchev–Trinajstić information content (AvgIpc) is 2.46. The quantitative estimate of drug-likeness (QED) is 0.653. The van der Waals surface area contributed by atoms with Crippen molar-refractivity contribution in [2.24, 2.45) is 0 Å². The molecule has 0 saturated carbocycles. The fourth-order valence-corrected chi connectivity index (χ4v) is 2.53. The predicted molar refractivity (Wildman–Crippen MR) is 90.9 cm³/mol. The maximum atomic E-state index is 12.0. The Morgan fingerprint density at radius 2 is 1.78 bits per heavy atom. The Morgan fingerprint density at radius 3 is 2.39 bits per heavy atom. The molecule has 0 bridgehead atoms. The van der Waals surface area contributed by atoms with Crippen LogP contribution in [0.3, 0.4) is 0 Å². The first-order valence-electron chi connectivity index (χ1n) is 7.23. The molecule has 120 valence electrons. The van der Waals surface area contributed by atoms with Crippen molar-refractivity contribution in [1.82, 2.24) is 0 Å². The zero-order chi connectivity index (χ0) is 17.0. The van der Waals surface area contributed by atoms with Crippen molar-refractivity contribution in [3.05, 3.63) is 63.2 Å². The summed E-state index contributed by atoms with van der Waals surface area (Å²) < 4.78 is 0. The van der Waals surface area contributed by atoms with Gasteiger partial charge in [0, 0.05) is 23.5 Å². The molecule has 0 unspecified atom stereocenters. The molecule has 0 radical (unpaired) electrons. The van der Waals surface area contributed by atoms with Crippen LogP contribution in [-0.2, 0) is 4.79 Å². The van der Waals surface area contributed by atoms with Crippen LogP contribution in [0.4, 0.5) is 17.1 Å². The summed E-state index contributed by atoms with van der Waals surface area (Å²) >= 11 is 0. The number of hydrogen-bond donors (Lipinski definition) is 2. The Hall–Kier alpha value is -2.89. The number of aryl methyl sites for hydroxylation is 3. The van der Waals surface area contributed by atoms with E-state index in [1.54, 1.807) is 6.07 Å². The lowest BCUT2D eigenvalue weighted by Crippen LogP contribution is -2.22. The maximum absolute atomic E-state index is 12.0. The van der Waals surface area contributed by atoms with Gasteiger partial charge in [0.25, 0.3) is 5.69 Å². The second kappa shape index (κ2) is 6.91. The number of nitro benzene ring substituents is 1. The van der Waals surface area contributed by atoms with Crippen LogP contribution in [-0.4, -0.2) is 17.4 Å². The Balaban J connectivity index is 2.01. The van der Waals surface area contributed by atoms with Crippen molar-refractivity contribution in [2.75, 3.05) is 17.2 Å². The highest BCUT2D eigenvalue weighted by Gasteiger charge is 2.09. The van der Waals surface area contributed by atoms with Crippen molar-refractivity contribution in [3.63, 3.8) is 0 Å². The molecule has 0 aliphatic heterocycles. The molecule has 0 aliphatic carbocycles. The first-order valence-corrected chi connectivity index (χ1v) is 7.23. The molecule has 0 fully saturated rings. The minimum Gasteiger partial charge on any atom is -0.376 e. The number of rotatable bonds is 5. The number of benzene rings is 2. The van der Waals surface area contributed by atoms with E-state index in [2.05, 4.69) is 10.6 Å². The summed E-state index contributed by atoms with van der Waals surface area (Å²) in [5.41, 5.74) is 4.61. The standard InChI is InChI=1S/C17H19N3O3/c1-11-7-12(2)17(13(3)8-11)18-10-16(21)19-14-5-4-6-15(9-14)20(22)23/h4-9,18H,10H2,1-3H3,(H,19,21). The molecule has 0 aliphatic rings. The molecule has 2 rings (SSSR count). The van der Waals surface area contributed by atoms with Crippen LogP contribution < -0.4 is 10.6 Å². The van der Waals surface area contributed by atoms with Crippen LogP contribution in [0.25, 0.3) is 0 Å². The van der Waals surface area contributed by atoms with E-state index in [0.29, 0.717) is 5.69 Å². The van der Waals surface area contributed by atoms with Crippen LogP contribution in [0.5, 0.6) is 0 Å². The van der Waals surface area contributed by atoms with E-state index in [0.717, 1.165) is 16.8 Å². The zero-order valence-corrected chi connectivity index (χ0v) is 13.3. The van der Waals surface area contributed by atoms with Gasteiger partial charge in [0.2, 0.25) is 5.91 Å². The van der Waals surface area contributed by atoms with Gasteiger partial charge < -0.3 is 10.6 Å². The van der Waals surface area contributed by atoms with Gasteiger partial charge in [-0.2, -0.15) is 0 Å². The molecule has 0 aromatic heterocycles. The molecule has 6 heteroatoms. The number of nitrogens with zero attached hydrogens (tertiary/aromatic N) is 1. The van der Waals surface area contributed by atoms with Crippen molar-refractivity contribution >= 4 is 23.0 Å². The van der Waals surface area contributed by atoms with Gasteiger partial charge in [-0.1, -0.05) is 23.8 Å². The van der Waals surface area contributed by atoms with E-state index in [4.69, 9.17) is 0 Å². The summed E-state index contributed by atoms with van der Waals surface area (Å²) in [6, 6.07) is 9.97. The van der Waals surface area contributed by atoms with Gasteiger partial charge in [-0.05, 0) is 38.0 Å². The van der Waals surface area contributed by atoms with Gasteiger partial charge in [0.15, 0.2) is 0 Å². The van der Waals surface area contributed by atoms with Crippen LogP contribution in [0, 0.1) is 30.9 Å². The largest absolute Gasteiger partial charge is 0.376 e. The third-order valence-electron chi connectivity index (χ3n) is 3.44. The molecule has 23 heavy (non-hydrogen) atoms. The highest BCUT2D eigenvalue weighted by atomic mass is 16.6. The summed E-state index contributed by atoms with van der Waals surface area (Å²) in [6.45, 7) is 6.09. The summed E-state index contributed by atoms with van der Waals surface area (Å²) in [7, 11) is 0. The van der Waals surface area contributed by atoms with Gasteiger partial charge in [0.05, 0.1) is 11.5 Å². The van der Waals surface area contributed by atoms with E-state index in [1.165, 1.54) is 23.8 Å². The Morgan fingerprint density at radius 1 is 1.13 bits per heavy atom. The van der Waals surface area contributed by atoms with Crippen molar-refractivity contribution < 1.29 is 9.72 Å². The zero-order valence-electron chi connectivity index (χ0n) is 13.3. The normalized spacial score (nSPS) is 10.2. The highest BCUT2D eigenvalue weighted by molar-refractivity contribution is 5.94. The number of non-ortho nitro benzene ring substituents is 1. The third-order valence-corrected chi connectivity index (χ3v) is 3.44. The molecule has 2 N–H and O–H groups in total. The fraction of sp³-hybridized carbons (Fsp3) is 0.235. The van der Waals surface area contributed by atoms with Gasteiger partial charge in [-0.3, -0.25) is 14.9 Å². The number of carbonyl (C=O) groups excluding carboxylic acids is 1. The summed E-state index contributed by atoms with van der Waals surface area (Å²) in [4.78, 5) is 22.3. The van der Waals surface area contributed by atoms with E-state index >= 15 is 0 Å². The number of nitro groups is 1. The van der Waals surface area contributed by atoms with Crippen LogP contribution >= 0.6 is 0 Å². The second-order valence-corrected chi connectivity index (χ2v) is 5.48. The minimum absolute atomic E-state index is 0.0546. The predicted octanol–water partition coefficient (Wildman–Crippen LogP) is 3.57. The lowest BCUT2D eigenvalue weighted by Gasteiger charge is -2.13. The topological polar surface area (TPSA) is 84.3 Å². The monoisotopic (exact) mass is 313 g/mol. The van der Waals surface area contributed by atoms with E-state index in [-0.39, 0.29) is 18.1 Å². The molecule has 6 nitrogen and oxygen atoms in total. The van der Waals surface area contributed by atoms with E-state index in [1.807, 2.05) is 32.9 Å². The third kappa shape index (κ3) is 4.29. The van der Waals surface area contributed by atoms with Crippen LogP contribution in [0.15, 0.2) is 36.4 Å². The number of carbonyl (C=O) groups is 1. The van der Waals surface area contributed by atoms with E-state index < -0.39 is 4.92 Å². The molecule has 0 spiro atoms. The highest BCUT2D eigenvalue weighted by Crippen LogP contribution is 2.22. The number of nitrogens with one attached hydrogen (secondary N) is 2. The first kappa shape index (κ1) is 16.5. The van der Waals surface area contributed by atoms with Gasteiger partial charge in [0.1, 0.15) is 0 Å². The minimum atomic E-state index is -0.493. The van der Waals surface area contributed by atoms with Crippen LogP contribution in [0.1, 0.15) is 16.7 Å². The van der Waals surface area contributed by atoms with Gasteiger partial charge in [-0.25, -0.2) is 0 Å². The van der Waals surface area contributed by atoms with Crippen molar-refractivity contribution in [1.29, 1.82) is 0 Å². The second-order valence-electron chi connectivity index (χ2n) is 5.48. The molecule has 0 atom stereocenters. The molecule has 0 saturated heterocycles. The summed E-state index contributed by atoms with van der Waals surface area (Å²) in [5, 5.41) is 16.5. The summed E-state index contributed by atoms with van der Waals surface area (Å²) in [6.07, 6.45) is 0. The molecule has 2 aromatic rings. The smallest absolute Gasteiger partial charge is 0.271 e. The molecular weight excluding hydrogens is 294 g/mol. The Labute approximate surface area is 134 Å². The lowest BCUT2D eigenvalue weighted by atomic mass is 10.1. The first-order chi connectivity index (χ1) is 10.9. The summed E-state index contributed by atoms with van der Waals surface area (Å²) in [5.74, 6) is -0.259. The Kier molecular flexibility index (Phi) is 4.95. The average molecular weight is 313 g/mol. The van der Waals surface area contributed by atoms with Crippen molar-refractivity contribution in [3.8, 4) is 0 Å². The molecular formula is C17H19N3O3. The molecule has 1 amide bonds. The Bertz CT molecular complexity index is 733. The molecule has 0 heterocycles. The molecule has 2 aromatic carbocycles. The lowest BCUT2D eigenvalue weighted by molar-refractivity contribution is -0.384. The number of hydrogen-bond acceptors (Lipinski definition) is 4. The SMILES string of the molecule is Cc1cc(C)c(NCC(=O)Nc2cccc([N+](=O)[O-])c2)c(C)c1. The number of anilines is 2. The maximum Gasteiger partial charge on any atom is 0.271 e. The van der Waals surface area contributed by atoms with Gasteiger partial charge >= 0.3 is 0 Å². The van der Waals surface area contributed by atoms with E-state index in [9.17, 15) is 14.9 Å². The number of amides is 1.